The Kier molecular flexibility index (Phi) is 6.00. The van der Waals surface area contributed by atoms with Crippen molar-refractivity contribution in [2.75, 3.05) is 12.3 Å². The van der Waals surface area contributed by atoms with E-state index in [0.29, 0.717) is 0 Å². The lowest BCUT2D eigenvalue weighted by Crippen LogP contribution is -2.37. The van der Waals surface area contributed by atoms with E-state index in [1.165, 1.54) is 11.1 Å². The van der Waals surface area contributed by atoms with E-state index in [4.69, 9.17) is 0 Å². The van der Waals surface area contributed by atoms with E-state index < -0.39 is 14.6 Å². The summed E-state index contributed by atoms with van der Waals surface area (Å²) >= 11 is 0. The number of sulfone groups is 1. The minimum atomic E-state index is -3.16. The molecule has 0 amide bonds. The van der Waals surface area contributed by atoms with Crippen LogP contribution < -0.4 is 5.32 Å². The summed E-state index contributed by atoms with van der Waals surface area (Å²) in [6.07, 6.45) is 0.983. The molecular formula is C17H29NO2S. The van der Waals surface area contributed by atoms with Crippen LogP contribution in [0, 0.1) is 13.8 Å². The van der Waals surface area contributed by atoms with Gasteiger partial charge < -0.3 is 5.32 Å². The largest absolute Gasteiger partial charge is 0.309 e. The van der Waals surface area contributed by atoms with Crippen LogP contribution in [0.15, 0.2) is 18.2 Å². The van der Waals surface area contributed by atoms with Crippen molar-refractivity contribution in [3.05, 3.63) is 34.9 Å². The fraction of sp³-hybridized carbons (Fsp3) is 0.647. The van der Waals surface area contributed by atoms with Crippen molar-refractivity contribution < 1.29 is 8.42 Å². The lowest BCUT2D eigenvalue weighted by Gasteiger charge is -2.25. The number of benzene rings is 1. The highest BCUT2D eigenvalue weighted by Gasteiger charge is 2.32. The molecule has 0 heterocycles. The summed E-state index contributed by atoms with van der Waals surface area (Å²) in [6, 6.07) is 6.05. The number of aryl methyl sites for hydroxylation is 2. The molecule has 1 unspecified atom stereocenters. The summed E-state index contributed by atoms with van der Waals surface area (Å²) in [5, 5.41) is 3.38. The first-order chi connectivity index (χ1) is 9.58. The van der Waals surface area contributed by atoms with Gasteiger partial charge in [-0.1, -0.05) is 25.1 Å². The Balaban J connectivity index is 3.09. The Morgan fingerprint density at radius 1 is 1.14 bits per heavy atom. The first kappa shape index (κ1) is 18.2. The van der Waals surface area contributed by atoms with Gasteiger partial charge in [0.05, 0.1) is 10.5 Å². The first-order valence-electron chi connectivity index (χ1n) is 7.61. The second-order valence-corrected chi connectivity index (χ2v) is 9.53. The van der Waals surface area contributed by atoms with Gasteiger partial charge >= 0.3 is 0 Å². The van der Waals surface area contributed by atoms with Crippen LogP contribution in [0.1, 0.15) is 56.8 Å². The SMILES string of the molecule is CCCNC(CS(=O)(=O)C(C)(C)C)c1ccc(C)c(C)c1. The van der Waals surface area contributed by atoms with Crippen LogP contribution in [-0.4, -0.2) is 25.5 Å². The van der Waals surface area contributed by atoms with Crippen molar-refractivity contribution in [1.29, 1.82) is 0 Å². The Morgan fingerprint density at radius 3 is 2.24 bits per heavy atom. The zero-order valence-corrected chi connectivity index (χ0v) is 15.0. The van der Waals surface area contributed by atoms with Crippen LogP contribution in [0.4, 0.5) is 0 Å². The zero-order chi connectivity index (χ0) is 16.3. The molecular weight excluding hydrogens is 282 g/mol. The van der Waals surface area contributed by atoms with Crippen molar-refractivity contribution in [2.45, 2.75) is 58.8 Å². The average molecular weight is 311 g/mol. The van der Waals surface area contributed by atoms with Gasteiger partial charge in [-0.05, 0) is 64.3 Å². The van der Waals surface area contributed by atoms with Crippen molar-refractivity contribution in [3.8, 4) is 0 Å². The third kappa shape index (κ3) is 4.82. The Morgan fingerprint density at radius 2 is 1.76 bits per heavy atom. The number of hydrogen-bond donors (Lipinski definition) is 1. The first-order valence-corrected chi connectivity index (χ1v) is 9.26. The molecule has 1 aromatic carbocycles. The van der Waals surface area contributed by atoms with Gasteiger partial charge in [0.25, 0.3) is 0 Å². The van der Waals surface area contributed by atoms with Gasteiger partial charge in [0.2, 0.25) is 0 Å². The molecule has 1 rings (SSSR count). The van der Waals surface area contributed by atoms with E-state index >= 15 is 0 Å². The molecule has 0 aliphatic heterocycles. The van der Waals surface area contributed by atoms with Crippen LogP contribution in [-0.2, 0) is 9.84 Å². The Bertz CT molecular complexity index is 571. The summed E-state index contributed by atoms with van der Waals surface area (Å²) in [4.78, 5) is 0. The molecule has 120 valence electrons. The molecule has 0 bridgehead atoms. The predicted octanol–water partition coefficient (Wildman–Crippen LogP) is 3.56. The molecule has 1 N–H and O–H groups in total. The molecule has 0 fully saturated rings. The van der Waals surface area contributed by atoms with E-state index in [1.807, 2.05) is 6.07 Å². The monoisotopic (exact) mass is 311 g/mol. The maximum Gasteiger partial charge on any atom is 0.157 e. The smallest absolute Gasteiger partial charge is 0.157 e. The molecule has 1 aromatic rings. The zero-order valence-electron chi connectivity index (χ0n) is 14.2. The predicted molar refractivity (Wildman–Crippen MR) is 90.5 cm³/mol. The van der Waals surface area contributed by atoms with Crippen LogP contribution >= 0.6 is 0 Å². The molecule has 0 saturated heterocycles. The third-order valence-electron chi connectivity index (χ3n) is 3.89. The number of nitrogens with one attached hydrogen (secondary N) is 1. The third-order valence-corrected chi connectivity index (χ3v) is 6.53. The van der Waals surface area contributed by atoms with E-state index in [9.17, 15) is 8.42 Å². The maximum atomic E-state index is 12.5. The molecule has 0 aliphatic rings. The second-order valence-electron chi connectivity index (χ2n) is 6.74. The van der Waals surface area contributed by atoms with Crippen LogP contribution in [0.25, 0.3) is 0 Å². The van der Waals surface area contributed by atoms with Crippen LogP contribution in [0.2, 0.25) is 0 Å². The van der Waals surface area contributed by atoms with Gasteiger partial charge in [-0.3, -0.25) is 0 Å². The van der Waals surface area contributed by atoms with E-state index in [0.717, 1.165) is 18.5 Å². The molecule has 0 aromatic heterocycles. The van der Waals surface area contributed by atoms with Gasteiger partial charge in [-0.25, -0.2) is 8.42 Å². The quantitative estimate of drug-likeness (QED) is 0.874. The fourth-order valence-electron chi connectivity index (χ4n) is 2.04. The normalized spacial score (nSPS) is 14.2. The van der Waals surface area contributed by atoms with Gasteiger partial charge in [0.1, 0.15) is 0 Å². The second kappa shape index (κ2) is 6.93. The average Bonchev–Trinajstić information content (AvgIpc) is 2.36. The Hall–Kier alpha value is -0.870. The highest BCUT2D eigenvalue weighted by atomic mass is 32.2. The van der Waals surface area contributed by atoms with Gasteiger partial charge in [-0.15, -0.1) is 0 Å². The van der Waals surface area contributed by atoms with Crippen molar-refractivity contribution in [1.82, 2.24) is 5.32 Å². The topological polar surface area (TPSA) is 46.2 Å². The molecule has 0 aliphatic carbocycles. The Labute approximate surface area is 130 Å². The number of hydrogen-bond acceptors (Lipinski definition) is 3. The molecule has 4 heteroatoms. The molecule has 0 radical (unpaired) electrons. The number of rotatable bonds is 6. The van der Waals surface area contributed by atoms with Gasteiger partial charge in [0.15, 0.2) is 9.84 Å². The molecule has 3 nitrogen and oxygen atoms in total. The molecule has 0 saturated carbocycles. The van der Waals surface area contributed by atoms with E-state index in [2.05, 4.69) is 38.2 Å². The minimum Gasteiger partial charge on any atom is -0.309 e. The summed E-state index contributed by atoms with van der Waals surface area (Å²) in [6.45, 7) is 12.3. The van der Waals surface area contributed by atoms with Crippen LogP contribution in [0.3, 0.4) is 0 Å². The lowest BCUT2D eigenvalue weighted by molar-refractivity contribution is 0.526. The standard InChI is InChI=1S/C17H29NO2S/c1-7-10-18-16(12-21(19,20)17(4,5)6)15-9-8-13(2)14(3)11-15/h8-9,11,16,18H,7,10,12H2,1-6H3. The summed E-state index contributed by atoms with van der Waals surface area (Å²) in [7, 11) is -3.16. The molecule has 21 heavy (non-hydrogen) atoms. The summed E-state index contributed by atoms with van der Waals surface area (Å²) < 4.78 is 24.3. The molecule has 0 spiro atoms. The van der Waals surface area contributed by atoms with E-state index in [1.54, 1.807) is 20.8 Å². The van der Waals surface area contributed by atoms with Gasteiger partial charge in [-0.2, -0.15) is 0 Å². The van der Waals surface area contributed by atoms with Crippen molar-refractivity contribution in [2.24, 2.45) is 0 Å². The highest BCUT2D eigenvalue weighted by Crippen LogP contribution is 2.24. The fourth-order valence-corrected chi connectivity index (χ4v) is 3.29. The van der Waals surface area contributed by atoms with Crippen molar-refractivity contribution >= 4 is 9.84 Å². The summed E-state index contributed by atoms with van der Waals surface area (Å²) in [5.41, 5.74) is 3.48. The van der Waals surface area contributed by atoms with Gasteiger partial charge in [0, 0.05) is 6.04 Å². The lowest BCUT2D eigenvalue weighted by atomic mass is 10.0. The molecule has 1 atom stereocenters. The van der Waals surface area contributed by atoms with E-state index in [-0.39, 0.29) is 11.8 Å². The maximum absolute atomic E-state index is 12.5. The van der Waals surface area contributed by atoms with Crippen LogP contribution in [0.5, 0.6) is 0 Å². The minimum absolute atomic E-state index is 0.138. The van der Waals surface area contributed by atoms with Crippen molar-refractivity contribution in [3.63, 3.8) is 0 Å². The highest BCUT2D eigenvalue weighted by molar-refractivity contribution is 7.92. The summed E-state index contributed by atoms with van der Waals surface area (Å²) in [5.74, 6) is 0.138.